The van der Waals surface area contributed by atoms with Gasteiger partial charge in [0.05, 0.1) is 0 Å². The quantitative estimate of drug-likeness (QED) is 0.803. The van der Waals surface area contributed by atoms with Crippen molar-refractivity contribution in [3.8, 4) is 11.3 Å². The zero-order valence-corrected chi connectivity index (χ0v) is 17.4. The van der Waals surface area contributed by atoms with Gasteiger partial charge in [0, 0.05) is 24.2 Å². The minimum Gasteiger partial charge on any atom is -0.350 e. The van der Waals surface area contributed by atoms with E-state index in [1.165, 1.54) is 25.0 Å². The molecule has 1 N–H and O–H groups in total. The van der Waals surface area contributed by atoms with Gasteiger partial charge in [0.15, 0.2) is 0 Å². The molecule has 160 valence electrons. The number of carbonyl (C=O) groups is 2. The molecule has 2 amide bonds. The van der Waals surface area contributed by atoms with Crippen LogP contribution in [0.1, 0.15) is 56.5 Å². The van der Waals surface area contributed by atoms with E-state index in [1.807, 2.05) is 13.8 Å². The van der Waals surface area contributed by atoms with Gasteiger partial charge in [-0.3, -0.25) is 9.59 Å². The molecule has 1 saturated heterocycles. The smallest absolute Gasteiger partial charge is 0.293 e. The number of nitrogens with zero attached hydrogens (tertiary/aromatic N) is 2. The van der Waals surface area contributed by atoms with Gasteiger partial charge in [0.2, 0.25) is 11.7 Å². The fourth-order valence-corrected chi connectivity index (χ4v) is 4.61. The fraction of sp³-hybridized carbons (Fsp3) is 0.522. The number of hydrogen-bond donors (Lipinski definition) is 1. The van der Waals surface area contributed by atoms with Gasteiger partial charge in [0.25, 0.3) is 5.91 Å². The van der Waals surface area contributed by atoms with Crippen molar-refractivity contribution < 1.29 is 18.5 Å². The highest BCUT2D eigenvalue weighted by atomic mass is 19.1. The highest BCUT2D eigenvalue weighted by molar-refractivity contribution is 5.97. The van der Waals surface area contributed by atoms with Gasteiger partial charge < -0.3 is 14.7 Å². The Bertz CT molecular complexity index is 903. The molecule has 30 heavy (non-hydrogen) atoms. The number of amides is 2. The highest BCUT2D eigenvalue weighted by Crippen LogP contribution is 2.31. The van der Waals surface area contributed by atoms with Crippen LogP contribution in [0, 0.1) is 17.7 Å². The normalized spacial score (nSPS) is 22.5. The predicted octanol–water partition coefficient (Wildman–Crippen LogP) is 4.03. The van der Waals surface area contributed by atoms with Crippen LogP contribution in [0.5, 0.6) is 0 Å². The average Bonchev–Trinajstić information content (AvgIpc) is 3.41. The first-order valence-electron chi connectivity index (χ1n) is 10.8. The maximum absolute atomic E-state index is 13.3. The number of aromatic nitrogens is 1. The Balaban J connectivity index is 1.58. The third-order valence-corrected chi connectivity index (χ3v) is 6.19. The van der Waals surface area contributed by atoms with Crippen molar-refractivity contribution in [2.75, 3.05) is 6.54 Å². The second-order valence-electron chi connectivity index (χ2n) is 8.85. The summed E-state index contributed by atoms with van der Waals surface area (Å²) < 4.78 is 18.5. The molecule has 1 aromatic heterocycles. The first-order valence-corrected chi connectivity index (χ1v) is 10.8. The van der Waals surface area contributed by atoms with E-state index in [1.54, 1.807) is 23.1 Å². The molecular formula is C23H28FN3O3. The summed E-state index contributed by atoms with van der Waals surface area (Å²) in [5, 5.41) is 7.16. The lowest BCUT2D eigenvalue weighted by Gasteiger charge is -2.41. The van der Waals surface area contributed by atoms with Crippen LogP contribution >= 0.6 is 0 Å². The Labute approximate surface area is 175 Å². The second kappa shape index (κ2) is 8.58. The van der Waals surface area contributed by atoms with Crippen LogP contribution in [0.3, 0.4) is 0 Å². The molecular weight excluding hydrogens is 385 g/mol. The van der Waals surface area contributed by atoms with Gasteiger partial charge in [-0.15, -0.1) is 0 Å². The maximum atomic E-state index is 13.3. The van der Waals surface area contributed by atoms with E-state index in [4.69, 9.17) is 4.52 Å². The first-order chi connectivity index (χ1) is 14.4. The second-order valence-corrected chi connectivity index (χ2v) is 8.85. The van der Waals surface area contributed by atoms with E-state index in [9.17, 15) is 14.0 Å². The van der Waals surface area contributed by atoms with E-state index in [0.717, 1.165) is 12.8 Å². The molecule has 7 heteroatoms. The third kappa shape index (κ3) is 4.25. The Morgan fingerprint density at radius 2 is 1.97 bits per heavy atom. The number of nitrogens with one attached hydrogen (secondary N) is 1. The number of hydrogen-bond acceptors (Lipinski definition) is 4. The van der Waals surface area contributed by atoms with Crippen LogP contribution in [-0.2, 0) is 4.79 Å². The molecule has 2 aromatic rings. The Morgan fingerprint density at radius 3 is 2.63 bits per heavy atom. The molecule has 1 aliphatic heterocycles. The van der Waals surface area contributed by atoms with E-state index in [2.05, 4.69) is 10.5 Å². The molecule has 2 aliphatic rings. The summed E-state index contributed by atoms with van der Waals surface area (Å²) in [4.78, 5) is 27.9. The molecule has 2 fully saturated rings. The first kappa shape index (κ1) is 20.6. The lowest BCUT2D eigenvalue weighted by Crippen LogP contribution is -2.63. The van der Waals surface area contributed by atoms with Gasteiger partial charge in [-0.05, 0) is 55.4 Å². The molecule has 6 nitrogen and oxygen atoms in total. The van der Waals surface area contributed by atoms with Crippen LogP contribution in [0.4, 0.5) is 4.39 Å². The van der Waals surface area contributed by atoms with Crippen LogP contribution in [0.25, 0.3) is 11.3 Å². The lowest BCUT2D eigenvalue weighted by atomic mass is 9.91. The molecule has 1 aliphatic carbocycles. The number of piperazine rings is 1. The molecule has 2 heterocycles. The van der Waals surface area contributed by atoms with Gasteiger partial charge in [-0.2, -0.15) is 0 Å². The van der Waals surface area contributed by atoms with Gasteiger partial charge in [-0.1, -0.05) is 31.8 Å². The SMILES string of the molecule is CC(C)CC1C(=O)NC(C2CCCC2)CN1C(=O)c1cc(-c2ccc(F)cc2)no1. The molecule has 2 unspecified atom stereocenters. The average molecular weight is 413 g/mol. The number of benzene rings is 1. The third-order valence-electron chi connectivity index (χ3n) is 6.19. The minimum absolute atomic E-state index is 0.0214. The summed E-state index contributed by atoms with van der Waals surface area (Å²) in [6.45, 7) is 4.57. The van der Waals surface area contributed by atoms with Crippen molar-refractivity contribution >= 4 is 11.8 Å². The van der Waals surface area contributed by atoms with Gasteiger partial charge >= 0.3 is 0 Å². The van der Waals surface area contributed by atoms with Crippen molar-refractivity contribution in [1.82, 2.24) is 15.4 Å². The van der Waals surface area contributed by atoms with E-state index in [-0.39, 0.29) is 35.4 Å². The number of halogens is 1. The van der Waals surface area contributed by atoms with Crippen molar-refractivity contribution in [3.63, 3.8) is 0 Å². The summed E-state index contributed by atoms with van der Waals surface area (Å²) in [7, 11) is 0. The molecule has 2 atom stereocenters. The molecule has 0 bridgehead atoms. The van der Waals surface area contributed by atoms with Crippen molar-refractivity contribution in [2.24, 2.45) is 11.8 Å². The Kier molecular flexibility index (Phi) is 5.88. The van der Waals surface area contributed by atoms with Crippen molar-refractivity contribution in [3.05, 3.63) is 41.9 Å². The summed E-state index contributed by atoms with van der Waals surface area (Å²) in [6.07, 6.45) is 5.10. The molecule has 1 saturated carbocycles. The standard InChI is InChI=1S/C23H28FN3O3/c1-14(2)11-20-22(28)25-19(15-5-3-4-6-15)13-27(20)23(29)21-12-18(26-30-21)16-7-9-17(24)10-8-16/h7-10,12,14-15,19-20H,3-6,11,13H2,1-2H3,(H,25,28). The molecule has 1 aromatic carbocycles. The van der Waals surface area contributed by atoms with Crippen LogP contribution < -0.4 is 5.32 Å². The largest absolute Gasteiger partial charge is 0.350 e. The maximum Gasteiger partial charge on any atom is 0.293 e. The topological polar surface area (TPSA) is 75.4 Å². The summed E-state index contributed by atoms with van der Waals surface area (Å²) in [6, 6.07) is 6.89. The number of rotatable bonds is 5. The predicted molar refractivity (Wildman–Crippen MR) is 110 cm³/mol. The van der Waals surface area contributed by atoms with E-state index < -0.39 is 6.04 Å². The summed E-state index contributed by atoms with van der Waals surface area (Å²) >= 11 is 0. The minimum atomic E-state index is -0.519. The summed E-state index contributed by atoms with van der Waals surface area (Å²) in [5.41, 5.74) is 1.13. The molecule has 0 spiro atoms. The van der Waals surface area contributed by atoms with E-state index >= 15 is 0 Å². The van der Waals surface area contributed by atoms with Gasteiger partial charge in [-0.25, -0.2) is 4.39 Å². The fourth-order valence-electron chi connectivity index (χ4n) is 4.61. The van der Waals surface area contributed by atoms with Gasteiger partial charge in [0.1, 0.15) is 17.6 Å². The zero-order valence-electron chi connectivity index (χ0n) is 17.4. The van der Waals surface area contributed by atoms with Crippen molar-refractivity contribution in [1.29, 1.82) is 0 Å². The monoisotopic (exact) mass is 413 g/mol. The van der Waals surface area contributed by atoms with Crippen molar-refractivity contribution in [2.45, 2.75) is 58.0 Å². The van der Waals surface area contributed by atoms with E-state index in [0.29, 0.717) is 30.1 Å². The Morgan fingerprint density at radius 1 is 1.27 bits per heavy atom. The van der Waals surface area contributed by atoms with Crippen LogP contribution in [0.2, 0.25) is 0 Å². The number of carbonyl (C=O) groups excluding carboxylic acids is 2. The Hall–Kier alpha value is -2.70. The molecule has 0 radical (unpaired) electrons. The van der Waals surface area contributed by atoms with Crippen LogP contribution in [-0.4, -0.2) is 40.5 Å². The lowest BCUT2D eigenvalue weighted by molar-refractivity contribution is -0.130. The zero-order chi connectivity index (χ0) is 21.3. The van der Waals surface area contributed by atoms with Crippen LogP contribution in [0.15, 0.2) is 34.9 Å². The summed E-state index contributed by atoms with van der Waals surface area (Å²) in [5.74, 6) is 0.0328. The highest BCUT2D eigenvalue weighted by Gasteiger charge is 2.41. The molecule has 4 rings (SSSR count).